The first-order chi connectivity index (χ1) is 10.2. The van der Waals surface area contributed by atoms with Crippen molar-refractivity contribution in [2.45, 2.75) is 18.5 Å². The summed E-state index contributed by atoms with van der Waals surface area (Å²) in [5.74, 6) is 2.16. The lowest BCUT2D eigenvalue weighted by atomic mass is 10.3. The van der Waals surface area contributed by atoms with Crippen molar-refractivity contribution in [3.63, 3.8) is 0 Å². The van der Waals surface area contributed by atoms with Gasteiger partial charge in [-0.1, -0.05) is 18.7 Å². The van der Waals surface area contributed by atoms with Crippen LogP contribution in [0.25, 0.3) is 0 Å². The second-order valence-corrected chi connectivity index (χ2v) is 6.98. The molecule has 8 heteroatoms. The van der Waals surface area contributed by atoms with Gasteiger partial charge in [-0.15, -0.1) is 0 Å². The average molecular weight is 326 g/mol. The van der Waals surface area contributed by atoms with E-state index in [-0.39, 0.29) is 0 Å². The van der Waals surface area contributed by atoms with E-state index >= 15 is 0 Å². The number of nitriles is 1. The second kappa shape index (κ2) is 7.61. The van der Waals surface area contributed by atoms with Gasteiger partial charge in [0.1, 0.15) is 6.07 Å². The molecule has 114 valence electrons. The first-order valence-corrected chi connectivity index (χ1v) is 9.49. The average Bonchev–Trinajstić information content (AvgIpc) is 2.52. The fraction of sp³-hybridized carbons (Fsp3) is 0.615. The second-order valence-electron chi connectivity index (χ2n) is 4.51. The Hall–Kier alpha value is -1.33. The maximum atomic E-state index is 11.5. The summed E-state index contributed by atoms with van der Waals surface area (Å²) in [4.78, 5) is 10.7. The van der Waals surface area contributed by atoms with Crippen molar-refractivity contribution in [3.8, 4) is 11.9 Å². The molecule has 0 unspecified atom stereocenters. The third kappa shape index (κ3) is 3.86. The molecule has 0 bridgehead atoms. The SMILES string of the molecule is CCCOc1nc(SC)nc(N2CCS(=O)CC2)c1C#N. The van der Waals surface area contributed by atoms with E-state index in [1.165, 1.54) is 11.8 Å². The fourth-order valence-electron chi connectivity index (χ4n) is 1.98. The molecule has 1 aromatic rings. The topological polar surface area (TPSA) is 79.1 Å². The summed E-state index contributed by atoms with van der Waals surface area (Å²) in [7, 11) is -0.765. The number of aromatic nitrogens is 2. The van der Waals surface area contributed by atoms with Crippen LogP contribution in [0.3, 0.4) is 0 Å². The maximum Gasteiger partial charge on any atom is 0.238 e. The van der Waals surface area contributed by atoms with E-state index < -0.39 is 10.8 Å². The van der Waals surface area contributed by atoms with Crippen LogP contribution in [-0.4, -0.2) is 51.6 Å². The molecule has 1 aliphatic heterocycles. The van der Waals surface area contributed by atoms with Crippen molar-refractivity contribution >= 4 is 28.4 Å². The largest absolute Gasteiger partial charge is 0.477 e. The van der Waals surface area contributed by atoms with Crippen LogP contribution in [0.5, 0.6) is 5.88 Å². The van der Waals surface area contributed by atoms with Crippen LogP contribution in [0.15, 0.2) is 5.16 Å². The van der Waals surface area contributed by atoms with E-state index in [1.807, 2.05) is 18.1 Å². The highest BCUT2D eigenvalue weighted by Crippen LogP contribution is 2.29. The number of anilines is 1. The van der Waals surface area contributed by atoms with Gasteiger partial charge in [-0.25, -0.2) is 4.98 Å². The third-order valence-electron chi connectivity index (χ3n) is 3.05. The van der Waals surface area contributed by atoms with Crippen molar-refractivity contribution in [1.82, 2.24) is 9.97 Å². The summed E-state index contributed by atoms with van der Waals surface area (Å²) in [6.07, 6.45) is 2.74. The van der Waals surface area contributed by atoms with Gasteiger partial charge >= 0.3 is 0 Å². The van der Waals surface area contributed by atoms with Crippen LogP contribution >= 0.6 is 11.8 Å². The predicted molar refractivity (Wildman–Crippen MR) is 84.4 cm³/mol. The summed E-state index contributed by atoms with van der Waals surface area (Å²) in [6.45, 7) is 3.80. The van der Waals surface area contributed by atoms with Crippen molar-refractivity contribution in [3.05, 3.63) is 5.56 Å². The molecule has 6 nitrogen and oxygen atoms in total. The minimum absolute atomic E-state index is 0.348. The highest BCUT2D eigenvalue weighted by Gasteiger charge is 2.23. The molecule has 0 amide bonds. The molecule has 1 saturated heterocycles. The normalized spacial score (nSPS) is 15.8. The Kier molecular flexibility index (Phi) is 5.82. The van der Waals surface area contributed by atoms with Gasteiger partial charge in [0.05, 0.1) is 6.61 Å². The highest BCUT2D eigenvalue weighted by molar-refractivity contribution is 7.98. The van der Waals surface area contributed by atoms with Gasteiger partial charge < -0.3 is 9.64 Å². The minimum Gasteiger partial charge on any atom is -0.477 e. The molecule has 0 aliphatic carbocycles. The van der Waals surface area contributed by atoms with Gasteiger partial charge in [-0.3, -0.25) is 4.21 Å². The van der Waals surface area contributed by atoms with Crippen molar-refractivity contribution in [1.29, 1.82) is 5.26 Å². The molecular weight excluding hydrogens is 308 g/mol. The Morgan fingerprint density at radius 1 is 1.43 bits per heavy atom. The van der Waals surface area contributed by atoms with Crippen LogP contribution in [0.4, 0.5) is 5.82 Å². The molecule has 1 aromatic heterocycles. The first kappa shape index (κ1) is 16.0. The minimum atomic E-state index is -0.765. The summed E-state index contributed by atoms with van der Waals surface area (Å²) in [5.41, 5.74) is 0.369. The number of nitrogens with zero attached hydrogens (tertiary/aromatic N) is 4. The summed E-state index contributed by atoms with van der Waals surface area (Å²) in [6, 6.07) is 2.16. The van der Waals surface area contributed by atoms with Crippen molar-refractivity contribution in [2.75, 3.05) is 42.4 Å². The standard InChI is InChI=1S/C13H18N4O2S2/c1-3-6-19-12-10(9-14)11(15-13(16-12)20-2)17-4-7-21(18)8-5-17/h3-8H2,1-2H3. The quantitative estimate of drug-likeness (QED) is 0.598. The summed E-state index contributed by atoms with van der Waals surface area (Å²) >= 11 is 1.42. The number of hydrogen-bond donors (Lipinski definition) is 0. The molecule has 21 heavy (non-hydrogen) atoms. The molecule has 1 aliphatic rings. The zero-order valence-electron chi connectivity index (χ0n) is 12.2. The predicted octanol–water partition coefficient (Wildman–Crippen LogP) is 1.43. The van der Waals surface area contributed by atoms with E-state index in [0.717, 1.165) is 6.42 Å². The molecule has 0 aromatic carbocycles. The molecule has 2 heterocycles. The monoisotopic (exact) mass is 326 g/mol. The molecule has 0 saturated carbocycles. The summed E-state index contributed by atoms with van der Waals surface area (Å²) in [5, 5.41) is 10.0. The summed E-state index contributed by atoms with van der Waals surface area (Å²) < 4.78 is 17.1. The van der Waals surface area contributed by atoms with Crippen LogP contribution in [0.1, 0.15) is 18.9 Å². The number of ether oxygens (including phenoxy) is 1. The molecule has 1 fully saturated rings. The highest BCUT2D eigenvalue weighted by atomic mass is 32.2. The Balaban J connectivity index is 2.38. The van der Waals surface area contributed by atoms with E-state index in [1.54, 1.807) is 0 Å². The van der Waals surface area contributed by atoms with E-state index in [4.69, 9.17) is 4.74 Å². The lowest BCUT2D eigenvalue weighted by Crippen LogP contribution is -2.38. The maximum absolute atomic E-state index is 11.5. The van der Waals surface area contributed by atoms with E-state index in [9.17, 15) is 9.47 Å². The number of rotatable bonds is 5. The van der Waals surface area contributed by atoms with Crippen LogP contribution < -0.4 is 9.64 Å². The van der Waals surface area contributed by atoms with Crippen molar-refractivity contribution in [2.24, 2.45) is 0 Å². The van der Waals surface area contributed by atoms with Gasteiger partial charge in [0.25, 0.3) is 0 Å². The Morgan fingerprint density at radius 2 is 2.14 bits per heavy atom. The van der Waals surface area contributed by atoms with Crippen LogP contribution in [0.2, 0.25) is 0 Å². The Labute approximate surface area is 131 Å². The van der Waals surface area contributed by atoms with Crippen LogP contribution in [0, 0.1) is 11.3 Å². The van der Waals surface area contributed by atoms with Crippen LogP contribution in [-0.2, 0) is 10.8 Å². The van der Waals surface area contributed by atoms with Gasteiger partial charge in [-0.05, 0) is 12.7 Å². The molecule has 0 radical (unpaired) electrons. The lowest BCUT2D eigenvalue weighted by molar-refractivity contribution is 0.301. The number of thioether (sulfide) groups is 1. The molecule has 0 atom stereocenters. The van der Waals surface area contributed by atoms with E-state index in [0.29, 0.717) is 53.6 Å². The van der Waals surface area contributed by atoms with E-state index in [2.05, 4.69) is 16.0 Å². The molecule has 0 spiro atoms. The molecule has 0 N–H and O–H groups in total. The van der Waals surface area contributed by atoms with Gasteiger partial charge in [-0.2, -0.15) is 10.2 Å². The first-order valence-electron chi connectivity index (χ1n) is 6.78. The zero-order valence-corrected chi connectivity index (χ0v) is 13.8. The van der Waals surface area contributed by atoms with Gasteiger partial charge in [0, 0.05) is 35.4 Å². The van der Waals surface area contributed by atoms with Gasteiger partial charge in [0.2, 0.25) is 5.88 Å². The number of hydrogen-bond acceptors (Lipinski definition) is 7. The zero-order chi connectivity index (χ0) is 15.2. The molecule has 2 rings (SSSR count). The Bertz CT molecular complexity index is 564. The lowest BCUT2D eigenvalue weighted by Gasteiger charge is -2.28. The van der Waals surface area contributed by atoms with Gasteiger partial charge in [0.15, 0.2) is 16.5 Å². The Morgan fingerprint density at radius 3 is 2.71 bits per heavy atom. The molecular formula is C13H18N4O2S2. The third-order valence-corrected chi connectivity index (χ3v) is 4.87. The van der Waals surface area contributed by atoms with Crippen molar-refractivity contribution < 1.29 is 8.95 Å². The fourth-order valence-corrected chi connectivity index (χ4v) is 3.38. The smallest absolute Gasteiger partial charge is 0.238 e.